The second kappa shape index (κ2) is 3.70. The van der Waals surface area contributed by atoms with Crippen LogP contribution in [-0.4, -0.2) is 4.92 Å². The summed E-state index contributed by atoms with van der Waals surface area (Å²) in [5.74, 6) is 5.37. The number of halogens is 1. The van der Waals surface area contributed by atoms with Gasteiger partial charge < -0.3 is 0 Å². The molecular weight excluding hydrogens is 197 g/mol. The van der Waals surface area contributed by atoms with Crippen LogP contribution < -0.4 is 0 Å². The number of rotatable bonds is 1. The molecule has 1 aliphatic rings. The Balaban J connectivity index is 2.25. The second-order valence-corrected chi connectivity index (χ2v) is 3.47. The van der Waals surface area contributed by atoms with Gasteiger partial charge in [-0.2, -0.15) is 4.39 Å². The first-order valence-corrected chi connectivity index (χ1v) is 4.62. The van der Waals surface area contributed by atoms with Crippen LogP contribution in [0, 0.1) is 33.7 Å². The van der Waals surface area contributed by atoms with E-state index in [-0.39, 0.29) is 0 Å². The number of benzene rings is 1. The van der Waals surface area contributed by atoms with Crippen LogP contribution in [0.1, 0.15) is 18.4 Å². The van der Waals surface area contributed by atoms with E-state index in [4.69, 9.17) is 0 Å². The van der Waals surface area contributed by atoms with Gasteiger partial charge in [0.1, 0.15) is 0 Å². The average Bonchev–Trinajstić information content (AvgIpc) is 2.97. The van der Waals surface area contributed by atoms with Gasteiger partial charge in [-0.15, -0.1) is 0 Å². The summed E-state index contributed by atoms with van der Waals surface area (Å²) in [7, 11) is 0. The van der Waals surface area contributed by atoms with Crippen molar-refractivity contribution in [1.29, 1.82) is 0 Å². The standard InChI is InChI=1S/C11H8FNO2/c12-10-7-9(4-3-8-1-2-8)5-6-11(10)13(14)15/h5-8H,1-2H2. The molecule has 0 saturated heterocycles. The van der Waals surface area contributed by atoms with Gasteiger partial charge in [0.25, 0.3) is 0 Å². The van der Waals surface area contributed by atoms with Crippen LogP contribution in [0.15, 0.2) is 18.2 Å². The fourth-order valence-electron chi connectivity index (χ4n) is 1.15. The Kier molecular flexibility index (Phi) is 2.38. The molecule has 0 bridgehead atoms. The first kappa shape index (κ1) is 9.66. The van der Waals surface area contributed by atoms with E-state index in [1.54, 1.807) is 0 Å². The Labute approximate surface area is 86.1 Å². The highest BCUT2D eigenvalue weighted by atomic mass is 19.1. The maximum absolute atomic E-state index is 13.1. The molecule has 1 aliphatic carbocycles. The zero-order valence-electron chi connectivity index (χ0n) is 7.87. The minimum Gasteiger partial charge on any atom is -0.258 e. The van der Waals surface area contributed by atoms with Crippen LogP contribution in [0.2, 0.25) is 0 Å². The first-order valence-electron chi connectivity index (χ1n) is 4.62. The molecule has 1 aromatic carbocycles. The van der Waals surface area contributed by atoms with Gasteiger partial charge in [-0.3, -0.25) is 10.1 Å². The number of nitro groups is 1. The molecule has 0 heterocycles. The maximum Gasteiger partial charge on any atom is 0.304 e. The summed E-state index contributed by atoms with van der Waals surface area (Å²) in [5, 5.41) is 10.3. The summed E-state index contributed by atoms with van der Waals surface area (Å²) in [6.07, 6.45) is 2.20. The van der Waals surface area contributed by atoms with E-state index in [1.165, 1.54) is 6.07 Å². The van der Waals surface area contributed by atoms with E-state index >= 15 is 0 Å². The molecule has 0 atom stereocenters. The zero-order valence-corrected chi connectivity index (χ0v) is 7.87. The molecule has 3 nitrogen and oxygen atoms in total. The topological polar surface area (TPSA) is 43.1 Å². The van der Waals surface area contributed by atoms with E-state index in [9.17, 15) is 14.5 Å². The van der Waals surface area contributed by atoms with Crippen LogP contribution in [0.4, 0.5) is 10.1 Å². The van der Waals surface area contributed by atoms with Gasteiger partial charge >= 0.3 is 5.69 Å². The fourth-order valence-corrected chi connectivity index (χ4v) is 1.15. The van der Waals surface area contributed by atoms with Crippen LogP contribution in [0.3, 0.4) is 0 Å². The van der Waals surface area contributed by atoms with Crippen LogP contribution in [-0.2, 0) is 0 Å². The number of hydrogen-bond acceptors (Lipinski definition) is 2. The van der Waals surface area contributed by atoms with E-state index in [1.807, 2.05) is 0 Å². The van der Waals surface area contributed by atoms with Crippen molar-refractivity contribution in [3.63, 3.8) is 0 Å². The van der Waals surface area contributed by atoms with Gasteiger partial charge in [-0.05, 0) is 25.0 Å². The molecule has 0 aliphatic heterocycles. The summed E-state index contributed by atoms with van der Waals surface area (Å²) >= 11 is 0. The van der Waals surface area contributed by atoms with Gasteiger partial charge in [0.05, 0.1) is 4.92 Å². The second-order valence-electron chi connectivity index (χ2n) is 3.47. The quantitative estimate of drug-likeness (QED) is 0.401. The van der Waals surface area contributed by atoms with Crippen molar-refractivity contribution in [1.82, 2.24) is 0 Å². The summed E-state index contributed by atoms with van der Waals surface area (Å²) in [4.78, 5) is 9.60. The third kappa shape index (κ3) is 2.32. The SMILES string of the molecule is O=[N+]([O-])c1ccc(C#CC2CC2)cc1F. The number of nitro benzene ring substituents is 1. The van der Waals surface area contributed by atoms with Crippen LogP contribution >= 0.6 is 0 Å². The number of nitrogens with zero attached hydrogens (tertiary/aromatic N) is 1. The van der Waals surface area contributed by atoms with Crippen molar-refractivity contribution in [3.05, 3.63) is 39.7 Å². The molecule has 1 fully saturated rings. The lowest BCUT2D eigenvalue weighted by atomic mass is 10.2. The molecule has 76 valence electrons. The monoisotopic (exact) mass is 205 g/mol. The van der Waals surface area contributed by atoms with Crippen molar-refractivity contribution in [2.45, 2.75) is 12.8 Å². The third-order valence-corrected chi connectivity index (χ3v) is 2.14. The smallest absolute Gasteiger partial charge is 0.258 e. The Hall–Kier alpha value is -1.89. The van der Waals surface area contributed by atoms with Crippen molar-refractivity contribution in [2.24, 2.45) is 5.92 Å². The van der Waals surface area contributed by atoms with Crippen LogP contribution in [0.25, 0.3) is 0 Å². The van der Waals surface area contributed by atoms with Gasteiger partial charge in [0, 0.05) is 17.5 Å². The largest absolute Gasteiger partial charge is 0.304 e. The highest BCUT2D eigenvalue weighted by Crippen LogP contribution is 2.27. The molecule has 0 aromatic heterocycles. The van der Waals surface area contributed by atoms with E-state index in [0.29, 0.717) is 11.5 Å². The van der Waals surface area contributed by atoms with Crippen molar-refractivity contribution in [2.75, 3.05) is 0 Å². The summed E-state index contributed by atoms with van der Waals surface area (Å²) < 4.78 is 13.1. The van der Waals surface area contributed by atoms with Crippen molar-refractivity contribution in [3.8, 4) is 11.8 Å². The highest BCUT2D eigenvalue weighted by Gasteiger charge is 2.18. The van der Waals surface area contributed by atoms with Crippen LogP contribution in [0.5, 0.6) is 0 Å². The molecular formula is C11H8FNO2. The molecule has 1 aromatic rings. The third-order valence-electron chi connectivity index (χ3n) is 2.14. The predicted molar refractivity (Wildman–Crippen MR) is 52.7 cm³/mol. The lowest BCUT2D eigenvalue weighted by Gasteiger charge is -1.93. The molecule has 0 amide bonds. The van der Waals surface area contributed by atoms with Gasteiger partial charge in [0.15, 0.2) is 0 Å². The van der Waals surface area contributed by atoms with E-state index in [0.717, 1.165) is 25.0 Å². The average molecular weight is 205 g/mol. The normalized spacial score (nSPS) is 14.2. The summed E-state index contributed by atoms with van der Waals surface area (Å²) in [5.41, 5.74) is -0.0167. The lowest BCUT2D eigenvalue weighted by molar-refractivity contribution is -0.387. The molecule has 1 saturated carbocycles. The highest BCUT2D eigenvalue weighted by molar-refractivity contribution is 5.42. The Morgan fingerprint density at radius 2 is 2.20 bits per heavy atom. The van der Waals surface area contributed by atoms with Crippen molar-refractivity contribution < 1.29 is 9.31 Å². The van der Waals surface area contributed by atoms with Gasteiger partial charge in [-0.25, -0.2) is 0 Å². The van der Waals surface area contributed by atoms with E-state index < -0.39 is 16.4 Å². The van der Waals surface area contributed by atoms with E-state index in [2.05, 4.69) is 11.8 Å². The molecule has 0 N–H and O–H groups in total. The molecule has 2 rings (SSSR count). The Morgan fingerprint density at radius 3 is 2.73 bits per heavy atom. The minimum absolute atomic E-state index is 0.434. The van der Waals surface area contributed by atoms with Crippen molar-refractivity contribution >= 4 is 5.69 Å². The predicted octanol–water partition coefficient (Wildman–Crippen LogP) is 2.50. The van der Waals surface area contributed by atoms with Gasteiger partial charge in [0.2, 0.25) is 5.82 Å². The minimum atomic E-state index is -0.831. The number of hydrogen-bond donors (Lipinski definition) is 0. The molecule has 0 spiro atoms. The first-order chi connectivity index (χ1) is 7.16. The maximum atomic E-state index is 13.1. The summed E-state index contributed by atoms with van der Waals surface area (Å²) in [6, 6.07) is 3.72. The zero-order chi connectivity index (χ0) is 10.8. The van der Waals surface area contributed by atoms with Gasteiger partial charge in [-0.1, -0.05) is 11.8 Å². The fraction of sp³-hybridized carbons (Fsp3) is 0.273. The Bertz CT molecular complexity index is 469. The Morgan fingerprint density at radius 1 is 1.47 bits per heavy atom. The molecule has 0 radical (unpaired) electrons. The molecule has 0 unspecified atom stereocenters. The molecule has 4 heteroatoms. The lowest BCUT2D eigenvalue weighted by Crippen LogP contribution is -1.92. The summed E-state index contributed by atoms with van der Waals surface area (Å²) in [6.45, 7) is 0. The molecule has 15 heavy (non-hydrogen) atoms.